The van der Waals surface area contributed by atoms with Crippen molar-refractivity contribution in [1.82, 2.24) is 10.3 Å². The molecule has 3 rings (SSSR count). The van der Waals surface area contributed by atoms with Crippen molar-refractivity contribution in [2.75, 3.05) is 5.32 Å². The summed E-state index contributed by atoms with van der Waals surface area (Å²) in [5, 5.41) is 22.4. The Morgan fingerprint density at radius 2 is 2.08 bits per heavy atom. The van der Waals surface area contributed by atoms with E-state index in [1.807, 2.05) is 0 Å². The van der Waals surface area contributed by atoms with Gasteiger partial charge in [0.05, 0.1) is 5.41 Å². The van der Waals surface area contributed by atoms with Crippen LogP contribution < -0.4 is 10.6 Å². The van der Waals surface area contributed by atoms with Crippen LogP contribution in [0, 0.1) is 11.2 Å². The zero-order chi connectivity index (χ0) is 17.9. The number of benzene rings is 1. The van der Waals surface area contributed by atoms with E-state index in [1.165, 1.54) is 30.6 Å². The lowest BCUT2D eigenvalue weighted by Gasteiger charge is -2.16. The van der Waals surface area contributed by atoms with Crippen LogP contribution in [0.2, 0.25) is 0 Å². The summed E-state index contributed by atoms with van der Waals surface area (Å²) in [5.74, 6) is -1.02. The maximum absolute atomic E-state index is 14.0. The number of carbonyl (C=O) groups is 1. The minimum Gasteiger partial charge on any atom is -0.493 e. The van der Waals surface area contributed by atoms with Gasteiger partial charge in [0.15, 0.2) is 0 Å². The van der Waals surface area contributed by atoms with Crippen LogP contribution in [0.5, 0.6) is 5.88 Å². The van der Waals surface area contributed by atoms with Gasteiger partial charge in [-0.25, -0.2) is 9.37 Å². The molecule has 7 heteroatoms. The highest BCUT2D eigenvalue weighted by Crippen LogP contribution is 2.49. The normalized spacial score (nSPS) is 14.9. The third-order valence-corrected chi connectivity index (χ3v) is 4.07. The van der Waals surface area contributed by atoms with Crippen LogP contribution in [0.4, 0.5) is 10.1 Å². The highest BCUT2D eigenvalue weighted by molar-refractivity contribution is 6.07. The number of carbonyl (C=O) groups excluding carboxylic acids is 1. The van der Waals surface area contributed by atoms with Crippen molar-refractivity contribution in [3.8, 4) is 5.88 Å². The highest BCUT2D eigenvalue weighted by atomic mass is 19.1. The van der Waals surface area contributed by atoms with E-state index in [0.29, 0.717) is 24.1 Å². The molecule has 128 valence electrons. The first kappa shape index (κ1) is 16.6. The Labute approximate surface area is 143 Å². The summed E-state index contributed by atoms with van der Waals surface area (Å²) in [6, 6.07) is 9.29. The van der Waals surface area contributed by atoms with Gasteiger partial charge in [-0.2, -0.15) is 0 Å². The number of amidine groups is 1. The minimum atomic E-state index is -0.879. The number of nitrogens with one attached hydrogen (secondary N) is 3. The molecule has 0 saturated heterocycles. The molecular weight excluding hydrogens is 323 g/mol. The van der Waals surface area contributed by atoms with Crippen LogP contribution in [0.25, 0.3) is 0 Å². The lowest BCUT2D eigenvalue weighted by Crippen LogP contribution is -2.38. The topological polar surface area (TPSA) is 98.1 Å². The monoisotopic (exact) mass is 340 g/mol. The fourth-order valence-corrected chi connectivity index (χ4v) is 2.61. The van der Waals surface area contributed by atoms with Gasteiger partial charge in [0.1, 0.15) is 11.7 Å². The van der Waals surface area contributed by atoms with Gasteiger partial charge in [-0.15, -0.1) is 0 Å². The third kappa shape index (κ3) is 3.65. The summed E-state index contributed by atoms with van der Waals surface area (Å²) in [6.07, 6.45) is 5.38. The van der Waals surface area contributed by atoms with Gasteiger partial charge in [-0.3, -0.25) is 10.2 Å². The van der Waals surface area contributed by atoms with Gasteiger partial charge in [0.25, 0.3) is 0 Å². The van der Waals surface area contributed by atoms with Crippen LogP contribution in [0.3, 0.4) is 0 Å². The van der Waals surface area contributed by atoms with Crippen LogP contribution in [-0.2, 0) is 10.2 Å². The van der Waals surface area contributed by atoms with Crippen LogP contribution in [0.15, 0.2) is 54.9 Å². The van der Waals surface area contributed by atoms with Crippen LogP contribution in [-0.4, -0.2) is 21.8 Å². The summed E-state index contributed by atoms with van der Waals surface area (Å²) in [4.78, 5) is 16.1. The summed E-state index contributed by atoms with van der Waals surface area (Å²) >= 11 is 0. The molecule has 0 aliphatic heterocycles. The van der Waals surface area contributed by atoms with Gasteiger partial charge < -0.3 is 15.7 Å². The highest BCUT2D eigenvalue weighted by Gasteiger charge is 2.52. The first-order valence-corrected chi connectivity index (χ1v) is 7.74. The molecule has 1 fully saturated rings. The number of hydrogen-bond donors (Lipinski definition) is 4. The molecule has 0 atom stereocenters. The Bertz CT molecular complexity index is 846. The van der Waals surface area contributed by atoms with Crippen molar-refractivity contribution in [3.05, 3.63) is 66.3 Å². The summed E-state index contributed by atoms with van der Waals surface area (Å²) < 4.78 is 14.0. The van der Waals surface area contributed by atoms with Crippen molar-refractivity contribution in [1.29, 1.82) is 5.41 Å². The van der Waals surface area contributed by atoms with E-state index in [2.05, 4.69) is 15.6 Å². The summed E-state index contributed by atoms with van der Waals surface area (Å²) in [5.41, 5.74) is 0.0815. The number of hydrogen-bond acceptors (Lipinski definition) is 5. The van der Waals surface area contributed by atoms with Crippen molar-refractivity contribution in [3.63, 3.8) is 0 Å². The van der Waals surface area contributed by atoms with E-state index in [9.17, 15) is 14.3 Å². The lowest BCUT2D eigenvalue weighted by molar-refractivity contribution is -0.122. The molecule has 1 heterocycles. The van der Waals surface area contributed by atoms with Crippen LogP contribution in [0.1, 0.15) is 18.4 Å². The second kappa shape index (κ2) is 6.72. The second-order valence-corrected chi connectivity index (χ2v) is 5.81. The first-order valence-electron chi connectivity index (χ1n) is 7.74. The fraction of sp³-hybridized carbons (Fsp3) is 0.167. The molecule has 0 unspecified atom stereocenters. The van der Waals surface area contributed by atoms with Gasteiger partial charge in [0.2, 0.25) is 11.8 Å². The zero-order valence-electron chi connectivity index (χ0n) is 13.3. The van der Waals surface area contributed by atoms with Gasteiger partial charge in [-0.1, -0.05) is 18.2 Å². The Balaban J connectivity index is 1.60. The predicted molar refractivity (Wildman–Crippen MR) is 91.8 cm³/mol. The quantitative estimate of drug-likeness (QED) is 0.497. The maximum Gasteiger partial charge on any atom is 0.236 e. The van der Waals surface area contributed by atoms with Crippen molar-refractivity contribution < 1.29 is 14.3 Å². The van der Waals surface area contributed by atoms with E-state index in [0.717, 1.165) is 0 Å². The number of nitrogens with zero attached hydrogens (tertiary/aromatic N) is 1. The zero-order valence-corrected chi connectivity index (χ0v) is 13.3. The third-order valence-electron chi connectivity index (χ3n) is 4.07. The number of halogens is 1. The van der Waals surface area contributed by atoms with E-state index < -0.39 is 11.2 Å². The molecule has 1 aliphatic rings. The molecular formula is C18H17FN4O2. The van der Waals surface area contributed by atoms with Gasteiger partial charge in [0, 0.05) is 29.7 Å². The molecule has 0 radical (unpaired) electrons. The molecule has 1 amide bonds. The number of pyridine rings is 1. The first-order chi connectivity index (χ1) is 12.0. The van der Waals surface area contributed by atoms with Crippen molar-refractivity contribution >= 4 is 17.4 Å². The fourth-order valence-electron chi connectivity index (χ4n) is 2.61. The molecule has 0 spiro atoms. The van der Waals surface area contributed by atoms with E-state index in [-0.39, 0.29) is 17.6 Å². The number of aromatic nitrogens is 1. The molecule has 6 nitrogen and oxygen atoms in total. The molecule has 1 saturated carbocycles. The predicted octanol–water partition coefficient (Wildman–Crippen LogP) is 2.68. The largest absolute Gasteiger partial charge is 0.493 e. The number of rotatable bonds is 5. The van der Waals surface area contributed by atoms with Gasteiger partial charge in [-0.05, 0) is 31.1 Å². The second-order valence-electron chi connectivity index (χ2n) is 5.81. The molecule has 4 N–H and O–H groups in total. The Hall–Kier alpha value is -3.22. The Morgan fingerprint density at radius 3 is 2.76 bits per heavy atom. The minimum absolute atomic E-state index is 0.113. The van der Waals surface area contributed by atoms with E-state index >= 15 is 0 Å². The SMILES string of the molecule is N=C(/C=C\Nc1ccnc(O)c1)NC(=O)C1(c2ccccc2F)CC1. The molecule has 1 aromatic heterocycles. The molecule has 1 aromatic carbocycles. The number of amides is 1. The van der Waals surface area contributed by atoms with E-state index in [1.54, 1.807) is 24.3 Å². The van der Waals surface area contributed by atoms with E-state index in [4.69, 9.17) is 5.41 Å². The van der Waals surface area contributed by atoms with Crippen molar-refractivity contribution in [2.45, 2.75) is 18.3 Å². The average molecular weight is 340 g/mol. The number of aromatic hydroxyl groups is 1. The molecule has 2 aromatic rings. The molecule has 1 aliphatic carbocycles. The average Bonchev–Trinajstić information content (AvgIpc) is 3.37. The molecule has 0 bridgehead atoms. The standard InChI is InChI=1S/C18H17FN4O2/c19-14-4-2-1-3-13(14)18(7-8-18)17(25)23-15(20)6-10-21-12-5-9-22-16(24)11-12/h1-6,9-11H,7-8H2,(H2,20,23,25)(H2,21,22,24)/b10-6-. The number of anilines is 1. The Kier molecular flexibility index (Phi) is 4.47. The summed E-state index contributed by atoms with van der Waals surface area (Å²) in [6.45, 7) is 0. The molecule has 25 heavy (non-hydrogen) atoms. The van der Waals surface area contributed by atoms with Crippen molar-refractivity contribution in [2.24, 2.45) is 0 Å². The summed E-state index contributed by atoms with van der Waals surface area (Å²) in [7, 11) is 0. The van der Waals surface area contributed by atoms with Gasteiger partial charge >= 0.3 is 0 Å². The smallest absolute Gasteiger partial charge is 0.236 e. The Morgan fingerprint density at radius 1 is 1.32 bits per heavy atom. The lowest BCUT2D eigenvalue weighted by atomic mass is 9.94. The maximum atomic E-state index is 14.0. The van der Waals surface area contributed by atoms with Crippen LogP contribution >= 0.6 is 0 Å².